The molecule has 2 unspecified atom stereocenters. The number of fused-ring (bicyclic) bond motifs is 6. The topological polar surface area (TPSA) is 252 Å². The van der Waals surface area contributed by atoms with E-state index in [1.54, 1.807) is 20.8 Å². The van der Waals surface area contributed by atoms with Crippen molar-refractivity contribution in [1.29, 1.82) is 0 Å². The Hall–Kier alpha value is -3.18. The van der Waals surface area contributed by atoms with Crippen molar-refractivity contribution >= 4 is 81.9 Å². The Morgan fingerprint density at radius 3 is 2.21 bits per heavy atom. The molecule has 4 aliphatic heterocycles. The summed E-state index contributed by atoms with van der Waals surface area (Å²) in [5.41, 5.74) is 4.27. The highest BCUT2D eigenvalue weighted by atomic mass is 32.7. The Morgan fingerprint density at radius 1 is 0.931 bits per heavy atom. The molecule has 0 aliphatic carbocycles. The van der Waals surface area contributed by atoms with E-state index in [2.05, 4.69) is 34.9 Å². The third-order valence-electron chi connectivity index (χ3n) is 9.84. The summed E-state index contributed by atoms with van der Waals surface area (Å²) in [5, 5.41) is 0. The van der Waals surface area contributed by atoms with Gasteiger partial charge < -0.3 is 15.2 Å². The van der Waals surface area contributed by atoms with E-state index >= 15 is 8.78 Å². The number of aromatic nitrogens is 8. The average molecular weight is 889 g/mol. The van der Waals surface area contributed by atoms with Gasteiger partial charge in [-0.1, -0.05) is 41.5 Å². The predicted octanol–water partition coefficient (Wildman–Crippen LogP) is 5.26. The van der Waals surface area contributed by atoms with Crippen molar-refractivity contribution in [2.75, 3.05) is 30.5 Å². The molecule has 4 aromatic rings. The van der Waals surface area contributed by atoms with Gasteiger partial charge in [0.15, 0.2) is 47.4 Å². The number of aromatic amines is 1. The van der Waals surface area contributed by atoms with Crippen LogP contribution in [0.3, 0.4) is 0 Å². The minimum absolute atomic E-state index is 0.0259. The number of aliphatic imine (C=N–C) groups is 1. The molecule has 0 amide bonds. The van der Waals surface area contributed by atoms with Gasteiger partial charge in [0.25, 0.3) is 5.56 Å². The number of hydrogen-bond acceptors (Lipinski definition) is 19. The van der Waals surface area contributed by atoms with Gasteiger partial charge in [0.05, 0.1) is 31.6 Å². The number of halogens is 2. The van der Waals surface area contributed by atoms with Crippen molar-refractivity contribution in [3.05, 3.63) is 29.3 Å². The molecule has 8 heterocycles. The molecule has 3 N–H and O–H groups in total. The molecular formula is C32H40F2N10O10P2S2. The van der Waals surface area contributed by atoms with E-state index in [0.29, 0.717) is 28.5 Å². The molecule has 0 radical (unpaired) electrons. The summed E-state index contributed by atoms with van der Waals surface area (Å²) in [7, 11) is 0. The van der Waals surface area contributed by atoms with Crippen LogP contribution < -0.4 is 11.3 Å². The molecular weight excluding hydrogens is 848 g/mol. The smallest absolute Gasteiger partial charge is 0.382 e. The van der Waals surface area contributed by atoms with Crippen LogP contribution in [0.2, 0.25) is 0 Å². The van der Waals surface area contributed by atoms with Crippen molar-refractivity contribution in [2.45, 2.75) is 90.8 Å². The molecule has 4 aliphatic rings. The monoisotopic (exact) mass is 888 g/mol. The lowest BCUT2D eigenvalue weighted by Gasteiger charge is -2.31. The number of ether oxygens (including phenoxy) is 2. The third kappa shape index (κ3) is 7.80. The Morgan fingerprint density at radius 2 is 1.55 bits per heavy atom. The van der Waals surface area contributed by atoms with Crippen molar-refractivity contribution in [3.63, 3.8) is 0 Å². The van der Waals surface area contributed by atoms with E-state index in [9.17, 15) is 18.7 Å². The van der Waals surface area contributed by atoms with Crippen LogP contribution in [-0.2, 0) is 41.5 Å². The SMILES string of the molecule is CC(C)(C)C(=O)CSP1(=O)OC[C@H]2O[C@@H]3[C@H](F)[C@@H]2OP(=O)(OC[C@H]2O[C@@H](n4cnc5c(N)ncnc54)[C@H](F)[C@@H]2O1)SCC(C(C)(C)C)=Nc1nc2c(ncn23)c(=O)[nH]1. The number of anilines is 1. The molecule has 5 bridgehead atoms. The Labute approximate surface area is 336 Å². The van der Waals surface area contributed by atoms with E-state index < -0.39 is 92.4 Å². The number of nitrogens with one attached hydrogen (secondary N) is 1. The van der Waals surface area contributed by atoms with Crippen LogP contribution in [0.4, 0.5) is 20.5 Å². The van der Waals surface area contributed by atoms with Crippen molar-refractivity contribution in [3.8, 4) is 0 Å². The zero-order valence-corrected chi connectivity index (χ0v) is 35.3. The van der Waals surface area contributed by atoms with Crippen LogP contribution in [0.15, 0.2) is 28.8 Å². The fourth-order valence-electron chi connectivity index (χ4n) is 6.43. The van der Waals surface area contributed by atoms with Crippen LogP contribution in [0, 0.1) is 10.8 Å². The number of Topliss-reactive ketones (excluding diaryl/α,β-unsaturated/α-hetero) is 1. The number of nitrogen functional groups attached to an aromatic ring is 1. The molecule has 26 heteroatoms. The first-order chi connectivity index (χ1) is 27.2. The number of imidazole rings is 2. The summed E-state index contributed by atoms with van der Waals surface area (Å²) in [6.45, 7) is -0.00342. The highest BCUT2D eigenvalue weighted by Crippen LogP contribution is 2.66. The summed E-state index contributed by atoms with van der Waals surface area (Å²) in [6, 6.07) is 0. The minimum Gasteiger partial charge on any atom is -0.382 e. The van der Waals surface area contributed by atoms with Gasteiger partial charge in [0.2, 0.25) is 5.95 Å². The maximum Gasteiger partial charge on any atom is 0.390 e. The number of carbonyl (C=O) groups is 1. The van der Waals surface area contributed by atoms with Crippen molar-refractivity contribution in [1.82, 2.24) is 39.0 Å². The number of nitrogens with zero attached hydrogens (tertiary/aromatic N) is 8. The zero-order chi connectivity index (χ0) is 41.5. The third-order valence-corrected chi connectivity index (χ3v) is 17.0. The molecule has 0 saturated carbocycles. The quantitative estimate of drug-likeness (QED) is 0.248. The van der Waals surface area contributed by atoms with Crippen LogP contribution in [0.25, 0.3) is 22.3 Å². The van der Waals surface area contributed by atoms with Gasteiger partial charge in [-0.05, 0) is 22.8 Å². The summed E-state index contributed by atoms with van der Waals surface area (Å²) in [4.78, 5) is 54.3. The molecule has 3 fully saturated rings. The van der Waals surface area contributed by atoms with E-state index in [4.69, 9.17) is 33.3 Å². The largest absolute Gasteiger partial charge is 0.390 e. The van der Waals surface area contributed by atoms with Gasteiger partial charge in [-0.15, -0.1) is 0 Å². The first-order valence-corrected chi connectivity index (χ1v) is 24.3. The number of nitrogens with two attached hydrogens (primary N) is 1. The molecule has 4 aromatic heterocycles. The van der Waals surface area contributed by atoms with Crippen LogP contribution >= 0.6 is 36.4 Å². The molecule has 8 rings (SSSR count). The molecule has 0 spiro atoms. The number of rotatable bonds is 4. The second-order valence-corrected chi connectivity index (χ2v) is 24.0. The van der Waals surface area contributed by atoms with Crippen LogP contribution in [-0.4, -0.2) is 112 Å². The zero-order valence-electron chi connectivity index (χ0n) is 31.9. The lowest BCUT2D eigenvalue weighted by Crippen LogP contribution is -2.37. The van der Waals surface area contributed by atoms with Gasteiger partial charge in [-0.3, -0.25) is 41.8 Å². The van der Waals surface area contributed by atoms with Crippen molar-refractivity contribution < 1.29 is 50.3 Å². The fraction of sp³-hybridized carbons (Fsp3) is 0.625. The number of hydrogen-bond donors (Lipinski definition) is 2. The Bertz CT molecular complexity index is 2460. The summed E-state index contributed by atoms with van der Waals surface area (Å²) in [5.74, 6) is -0.921. The molecule has 0 aromatic carbocycles. The van der Waals surface area contributed by atoms with Crippen LogP contribution in [0.1, 0.15) is 54.0 Å². The Balaban J connectivity index is 1.22. The normalized spacial score (nSPS) is 33.6. The lowest BCUT2D eigenvalue weighted by molar-refractivity contribution is -0.123. The number of carbonyl (C=O) groups excluding carboxylic acids is 1. The predicted molar refractivity (Wildman–Crippen MR) is 208 cm³/mol. The standard InChI is InChI=1S/C32H40F2N10O10P2S2/c1-31(2,3)16-9-57-55(47)49-7-14-22(18(33)28(51-14)43-12-38-20-24(35)36-11-37-25(20)43)54-56(48,58-10-17(45)32(4,5)6)50-8-15-23(53-55)19(34)29(52-15)44-13-39-21-26(44)41-30(40-16)42-27(21)46/h11-15,18-19,22-23,28-29H,7-10H2,1-6H3,(H2,35,36,37)(H,41,42,46)/t14-,15-,18-,19-,22-,23-,28-,29-,55?,56?/m1/s1. The molecule has 3 saturated heterocycles. The van der Waals surface area contributed by atoms with E-state index in [1.807, 2.05) is 20.8 Å². The molecule has 20 nitrogen and oxygen atoms in total. The Kier molecular flexibility index (Phi) is 10.8. The highest BCUT2D eigenvalue weighted by molar-refractivity contribution is 8.55. The summed E-state index contributed by atoms with van der Waals surface area (Å²) in [6.07, 6.45) is -10.2. The second kappa shape index (κ2) is 15.1. The van der Waals surface area contributed by atoms with E-state index in [0.717, 1.165) is 12.7 Å². The van der Waals surface area contributed by atoms with Gasteiger partial charge in [0.1, 0.15) is 42.0 Å². The van der Waals surface area contributed by atoms with Gasteiger partial charge in [0, 0.05) is 22.3 Å². The van der Waals surface area contributed by atoms with Crippen LogP contribution in [0.5, 0.6) is 0 Å². The van der Waals surface area contributed by atoms with Gasteiger partial charge >= 0.3 is 13.6 Å². The lowest BCUT2D eigenvalue weighted by atomic mass is 9.91. The average Bonchev–Trinajstić information content (AvgIpc) is 3.91. The maximum absolute atomic E-state index is 16.9. The highest BCUT2D eigenvalue weighted by Gasteiger charge is 2.56. The van der Waals surface area contributed by atoms with Crippen molar-refractivity contribution in [2.24, 2.45) is 15.8 Å². The van der Waals surface area contributed by atoms with Gasteiger partial charge in [-0.2, -0.15) is 4.98 Å². The molecule has 58 heavy (non-hydrogen) atoms. The summed E-state index contributed by atoms with van der Waals surface area (Å²) < 4.78 is 102. The second-order valence-electron chi connectivity index (χ2n) is 16.0. The first-order valence-electron chi connectivity index (χ1n) is 18.0. The fourth-order valence-corrected chi connectivity index (χ4v) is 13.5. The maximum atomic E-state index is 16.9. The van der Waals surface area contributed by atoms with E-state index in [1.165, 1.54) is 15.5 Å². The molecule has 10 atom stereocenters. The number of H-pyrrole nitrogens is 1. The first kappa shape index (κ1) is 41.5. The summed E-state index contributed by atoms with van der Waals surface area (Å²) >= 11 is 1.18. The molecule has 314 valence electrons. The van der Waals surface area contributed by atoms with E-state index in [-0.39, 0.29) is 51.4 Å². The number of ketones is 1. The number of alkyl halides is 2. The minimum atomic E-state index is -4.59. The van der Waals surface area contributed by atoms with Gasteiger partial charge in [-0.25, -0.2) is 42.8 Å².